The Balaban J connectivity index is 1.59. The molecule has 0 saturated carbocycles. The van der Waals surface area contributed by atoms with Crippen molar-refractivity contribution in [3.05, 3.63) is 59.7 Å². The van der Waals surface area contributed by atoms with Gasteiger partial charge in [0.25, 0.3) is 0 Å². The number of aliphatic carboxylic acids is 1. The van der Waals surface area contributed by atoms with Crippen molar-refractivity contribution in [3.8, 4) is 11.5 Å². The van der Waals surface area contributed by atoms with Crippen molar-refractivity contribution >= 4 is 23.6 Å². The first-order chi connectivity index (χ1) is 16.3. The summed E-state index contributed by atoms with van der Waals surface area (Å²) < 4.78 is 11.0. The lowest BCUT2D eigenvalue weighted by atomic mass is 9.99. The van der Waals surface area contributed by atoms with Crippen LogP contribution in [0.2, 0.25) is 0 Å². The highest BCUT2D eigenvalue weighted by atomic mass is 16.5. The average molecular weight is 469 g/mol. The van der Waals surface area contributed by atoms with E-state index in [1.54, 1.807) is 48.5 Å². The van der Waals surface area contributed by atoms with Crippen molar-refractivity contribution < 1.29 is 29.0 Å². The third-order valence-electron chi connectivity index (χ3n) is 5.59. The number of rotatable bonds is 11. The molecule has 2 aromatic carbocycles. The number of para-hydroxylation sites is 1. The van der Waals surface area contributed by atoms with E-state index < -0.39 is 23.8 Å². The van der Waals surface area contributed by atoms with Crippen molar-refractivity contribution in [1.82, 2.24) is 9.80 Å². The lowest BCUT2D eigenvalue weighted by Crippen LogP contribution is -2.55. The molecule has 4 N–H and O–H groups in total. The number of nitrogen functional groups attached to an aromatic ring is 1. The Bertz CT molecular complexity index is 1060. The molecule has 0 bridgehead atoms. The Morgan fingerprint density at radius 3 is 2.47 bits per heavy atom. The van der Waals surface area contributed by atoms with Gasteiger partial charge in [0.1, 0.15) is 17.3 Å². The second kappa shape index (κ2) is 11.2. The predicted octanol–water partition coefficient (Wildman–Crippen LogP) is 1.63. The lowest BCUT2D eigenvalue weighted by molar-refractivity contribution is -0.159. The fourth-order valence-corrected chi connectivity index (χ4v) is 3.87. The molecule has 0 radical (unpaired) electrons. The fourth-order valence-electron chi connectivity index (χ4n) is 3.87. The van der Waals surface area contributed by atoms with Crippen LogP contribution < -0.4 is 15.2 Å². The molecule has 1 unspecified atom stereocenters. The molecule has 1 aliphatic heterocycles. The van der Waals surface area contributed by atoms with Crippen LogP contribution in [0, 0.1) is 5.41 Å². The van der Waals surface area contributed by atoms with Crippen LogP contribution in [0.1, 0.15) is 30.0 Å². The molecule has 0 aromatic heterocycles. The van der Waals surface area contributed by atoms with Crippen LogP contribution in [-0.4, -0.2) is 71.9 Å². The molecule has 2 aromatic rings. The Morgan fingerprint density at radius 1 is 1.12 bits per heavy atom. The molecule has 34 heavy (non-hydrogen) atoms. The number of carboxylic acid groups (broad SMARTS) is 1. The largest absolute Gasteiger partial charge is 0.496 e. The summed E-state index contributed by atoms with van der Waals surface area (Å²) in [6, 6.07) is 12.9. The van der Waals surface area contributed by atoms with Crippen LogP contribution in [0.15, 0.2) is 48.5 Å². The first-order valence-corrected chi connectivity index (χ1v) is 10.8. The number of benzene rings is 2. The third kappa shape index (κ3) is 5.83. The number of nitrogens with two attached hydrogens (primary N) is 1. The van der Waals surface area contributed by atoms with Gasteiger partial charge >= 0.3 is 17.8 Å². The summed E-state index contributed by atoms with van der Waals surface area (Å²) in [5, 5.41) is 16.8. The molecular formula is C24H28N4O6. The summed E-state index contributed by atoms with van der Waals surface area (Å²) in [4.78, 5) is 40.0. The van der Waals surface area contributed by atoms with Crippen LogP contribution in [0.25, 0.3) is 0 Å². The molecule has 180 valence electrons. The van der Waals surface area contributed by atoms with E-state index in [1.165, 1.54) is 16.9 Å². The molecule has 3 rings (SSSR count). The molecule has 10 heteroatoms. The van der Waals surface area contributed by atoms with Gasteiger partial charge in [0.15, 0.2) is 0 Å². The quantitative estimate of drug-likeness (QED) is 0.197. The summed E-state index contributed by atoms with van der Waals surface area (Å²) in [7, 11) is 1.47. The van der Waals surface area contributed by atoms with Gasteiger partial charge in [-0.05, 0) is 36.8 Å². The number of nitrogens with one attached hydrogen (secondary N) is 1. The van der Waals surface area contributed by atoms with Gasteiger partial charge in [0.05, 0.1) is 26.2 Å². The maximum atomic E-state index is 12.9. The Hall–Kier alpha value is -4.08. The molecule has 2 amide bonds. The van der Waals surface area contributed by atoms with Gasteiger partial charge in [-0.3, -0.25) is 19.8 Å². The van der Waals surface area contributed by atoms with E-state index in [9.17, 15) is 19.5 Å². The standard InChI is InChI=1S/C24H28N4O6/c1-33-20-6-3-2-5-18(20)19(15-21(29)30)28-13-12-27(23(31)24(28)32)11-4-14-34-17-9-7-16(8-10-17)22(25)26/h2-3,5-10,19H,4,11-15H2,1H3,(H3,25,26)(H,29,30). The van der Waals surface area contributed by atoms with E-state index in [0.717, 1.165) is 0 Å². The van der Waals surface area contributed by atoms with E-state index in [4.69, 9.17) is 20.6 Å². The van der Waals surface area contributed by atoms with Crippen molar-refractivity contribution in [2.75, 3.05) is 33.4 Å². The molecule has 1 atom stereocenters. The number of hydrogen-bond donors (Lipinski definition) is 3. The van der Waals surface area contributed by atoms with Crippen LogP contribution in [-0.2, 0) is 14.4 Å². The summed E-state index contributed by atoms with van der Waals surface area (Å²) in [6.07, 6.45) is 0.175. The highest BCUT2D eigenvalue weighted by molar-refractivity contribution is 6.35. The van der Waals surface area contributed by atoms with E-state index >= 15 is 0 Å². The molecule has 0 spiro atoms. The van der Waals surface area contributed by atoms with Gasteiger partial charge in [-0.2, -0.15) is 0 Å². The Kier molecular flexibility index (Phi) is 8.07. The van der Waals surface area contributed by atoms with Gasteiger partial charge in [0.2, 0.25) is 0 Å². The number of nitrogens with zero attached hydrogens (tertiary/aromatic N) is 2. The second-order valence-corrected chi connectivity index (χ2v) is 7.79. The van der Waals surface area contributed by atoms with E-state index in [-0.39, 0.29) is 18.8 Å². The molecule has 10 nitrogen and oxygen atoms in total. The van der Waals surface area contributed by atoms with Crippen molar-refractivity contribution in [2.45, 2.75) is 18.9 Å². The molecule has 1 fully saturated rings. The number of ether oxygens (including phenoxy) is 2. The number of piperazine rings is 1. The van der Waals surface area contributed by atoms with E-state index in [1.807, 2.05) is 0 Å². The van der Waals surface area contributed by atoms with Crippen molar-refractivity contribution in [3.63, 3.8) is 0 Å². The summed E-state index contributed by atoms with van der Waals surface area (Å²) in [5.74, 6) is -1.42. The van der Waals surface area contributed by atoms with Crippen molar-refractivity contribution in [1.29, 1.82) is 5.41 Å². The van der Waals surface area contributed by atoms with E-state index in [2.05, 4.69) is 0 Å². The van der Waals surface area contributed by atoms with Crippen LogP contribution in [0.3, 0.4) is 0 Å². The normalized spacial score (nSPS) is 14.6. The SMILES string of the molecule is COc1ccccc1C(CC(=O)O)N1CCN(CCCOc2ccc(C(=N)N)cc2)C(=O)C1=O. The number of carbonyl (C=O) groups excluding carboxylic acids is 2. The van der Waals surface area contributed by atoms with Crippen LogP contribution in [0.4, 0.5) is 0 Å². The third-order valence-corrected chi connectivity index (χ3v) is 5.59. The van der Waals surface area contributed by atoms with Gasteiger partial charge in [0, 0.05) is 30.8 Å². The predicted molar refractivity (Wildman–Crippen MR) is 124 cm³/mol. The molecule has 1 aliphatic rings. The minimum absolute atomic E-state index is 0.0230. The van der Waals surface area contributed by atoms with Gasteiger partial charge < -0.3 is 30.1 Å². The summed E-state index contributed by atoms with van der Waals surface area (Å²) in [6.45, 7) is 1.18. The minimum atomic E-state index is -1.08. The fraction of sp³-hybridized carbons (Fsp3) is 0.333. The zero-order valence-electron chi connectivity index (χ0n) is 18.9. The Labute approximate surface area is 197 Å². The maximum Gasteiger partial charge on any atom is 0.312 e. The van der Waals surface area contributed by atoms with Gasteiger partial charge in [-0.25, -0.2) is 0 Å². The maximum absolute atomic E-state index is 12.9. The van der Waals surface area contributed by atoms with Gasteiger partial charge in [-0.15, -0.1) is 0 Å². The van der Waals surface area contributed by atoms with Crippen LogP contribution >= 0.6 is 0 Å². The topological polar surface area (TPSA) is 146 Å². The summed E-state index contributed by atoms with van der Waals surface area (Å²) in [5.41, 5.74) is 6.58. The number of methoxy groups -OCH3 is 1. The second-order valence-electron chi connectivity index (χ2n) is 7.79. The van der Waals surface area contributed by atoms with E-state index in [0.29, 0.717) is 48.7 Å². The number of hydrogen-bond acceptors (Lipinski definition) is 6. The first-order valence-electron chi connectivity index (χ1n) is 10.8. The average Bonchev–Trinajstić information content (AvgIpc) is 2.83. The zero-order chi connectivity index (χ0) is 24.7. The smallest absolute Gasteiger partial charge is 0.312 e. The number of amidine groups is 1. The number of carbonyl (C=O) groups is 3. The van der Waals surface area contributed by atoms with Gasteiger partial charge in [-0.1, -0.05) is 18.2 Å². The highest BCUT2D eigenvalue weighted by Crippen LogP contribution is 2.33. The van der Waals surface area contributed by atoms with Crippen molar-refractivity contribution in [2.24, 2.45) is 5.73 Å². The molecule has 1 saturated heterocycles. The molecular weight excluding hydrogens is 440 g/mol. The monoisotopic (exact) mass is 468 g/mol. The number of carboxylic acids is 1. The highest BCUT2D eigenvalue weighted by Gasteiger charge is 2.38. The lowest BCUT2D eigenvalue weighted by Gasteiger charge is -2.38. The Morgan fingerprint density at radius 2 is 1.82 bits per heavy atom. The zero-order valence-corrected chi connectivity index (χ0v) is 18.9. The van der Waals surface area contributed by atoms with Crippen LogP contribution in [0.5, 0.6) is 11.5 Å². The molecule has 0 aliphatic carbocycles. The first kappa shape index (κ1) is 24.6. The molecule has 1 heterocycles. The summed E-state index contributed by atoms with van der Waals surface area (Å²) >= 11 is 0. The minimum Gasteiger partial charge on any atom is -0.496 e. The number of amides is 2.